The van der Waals surface area contributed by atoms with Crippen molar-refractivity contribution in [2.24, 2.45) is 0 Å². The van der Waals surface area contributed by atoms with Crippen LogP contribution in [0.25, 0.3) is 0 Å². The van der Waals surface area contributed by atoms with Gasteiger partial charge in [0.1, 0.15) is 0 Å². The fraction of sp³-hybridized carbons (Fsp3) is 0.625. The summed E-state index contributed by atoms with van der Waals surface area (Å²) in [5.41, 5.74) is 1.38. The quantitative estimate of drug-likeness (QED) is 0.851. The van der Waals surface area contributed by atoms with E-state index < -0.39 is 0 Å². The molecule has 1 aliphatic rings. The molecule has 2 nitrogen and oxygen atoms in total. The topological polar surface area (TPSA) is 15.3 Å². The summed E-state index contributed by atoms with van der Waals surface area (Å²) in [6, 6.07) is 9.12. The van der Waals surface area contributed by atoms with Crippen LogP contribution in [0, 0.1) is 0 Å². The first-order chi connectivity index (χ1) is 9.29. The molecule has 0 bridgehead atoms. The Morgan fingerprint density at radius 3 is 2.74 bits per heavy atom. The molecule has 3 heteroatoms. The van der Waals surface area contributed by atoms with Crippen LogP contribution < -0.4 is 5.32 Å². The maximum absolute atomic E-state index is 3.70. The molecule has 1 unspecified atom stereocenters. The second-order valence-corrected chi connectivity index (χ2v) is 6.29. The lowest BCUT2D eigenvalue weighted by atomic mass is 10.0. The number of rotatable bonds is 6. The van der Waals surface area contributed by atoms with Crippen molar-refractivity contribution in [3.05, 3.63) is 34.3 Å². The second-order valence-electron chi connectivity index (χ2n) is 5.37. The van der Waals surface area contributed by atoms with Crippen molar-refractivity contribution < 1.29 is 0 Å². The number of piperidine rings is 1. The Labute approximate surface area is 125 Å². The third-order valence-corrected chi connectivity index (χ3v) is 4.42. The van der Waals surface area contributed by atoms with E-state index in [4.69, 9.17) is 0 Å². The minimum Gasteiger partial charge on any atom is -0.309 e. The van der Waals surface area contributed by atoms with Crippen LogP contribution >= 0.6 is 15.9 Å². The predicted octanol–water partition coefficient (Wildman–Crippen LogP) is 3.98. The summed E-state index contributed by atoms with van der Waals surface area (Å²) in [5.74, 6) is 0. The Bertz CT molecular complexity index is 375. The summed E-state index contributed by atoms with van der Waals surface area (Å²) in [4.78, 5) is 2.59. The number of halogens is 1. The van der Waals surface area contributed by atoms with Gasteiger partial charge in [0.2, 0.25) is 0 Å². The molecule has 0 aliphatic carbocycles. The smallest absolute Gasteiger partial charge is 0.0318 e. The van der Waals surface area contributed by atoms with E-state index in [1.165, 1.54) is 48.9 Å². The molecule has 0 saturated carbocycles. The molecular weight excluding hydrogens is 300 g/mol. The molecule has 1 atom stereocenters. The molecule has 0 aromatic heterocycles. The van der Waals surface area contributed by atoms with E-state index in [0.29, 0.717) is 6.04 Å². The van der Waals surface area contributed by atoms with Crippen LogP contribution in [0.2, 0.25) is 0 Å². The average Bonchev–Trinajstić information content (AvgIpc) is 2.45. The van der Waals surface area contributed by atoms with Gasteiger partial charge in [0, 0.05) is 23.6 Å². The molecule has 1 aromatic carbocycles. The lowest BCUT2D eigenvalue weighted by Gasteiger charge is -2.27. The monoisotopic (exact) mass is 324 g/mol. The van der Waals surface area contributed by atoms with E-state index in [0.717, 1.165) is 13.0 Å². The van der Waals surface area contributed by atoms with Crippen molar-refractivity contribution >= 4 is 15.9 Å². The molecule has 1 aliphatic heterocycles. The summed E-state index contributed by atoms with van der Waals surface area (Å²) < 4.78 is 1.17. The van der Waals surface area contributed by atoms with E-state index in [1.54, 1.807) is 0 Å². The van der Waals surface area contributed by atoms with Gasteiger partial charge in [-0.25, -0.2) is 0 Å². The number of nitrogens with one attached hydrogen (secondary N) is 1. The SMILES string of the molecule is CCC(NCCN1CCCCC1)c1cccc(Br)c1. The summed E-state index contributed by atoms with van der Waals surface area (Å²) in [7, 11) is 0. The third kappa shape index (κ3) is 4.90. The van der Waals surface area contributed by atoms with Gasteiger partial charge in [-0.1, -0.05) is 41.4 Å². The van der Waals surface area contributed by atoms with Crippen molar-refractivity contribution in [1.82, 2.24) is 10.2 Å². The Morgan fingerprint density at radius 2 is 2.05 bits per heavy atom. The zero-order chi connectivity index (χ0) is 13.5. The number of likely N-dealkylation sites (tertiary alicyclic amines) is 1. The molecule has 1 fully saturated rings. The first kappa shape index (κ1) is 15.0. The highest BCUT2D eigenvalue weighted by molar-refractivity contribution is 9.10. The van der Waals surface area contributed by atoms with Crippen LogP contribution in [0.15, 0.2) is 28.7 Å². The molecule has 0 spiro atoms. The minimum atomic E-state index is 0.474. The van der Waals surface area contributed by atoms with E-state index in [1.807, 2.05) is 0 Å². The Kier molecular flexibility index (Phi) is 6.35. The highest BCUT2D eigenvalue weighted by Crippen LogP contribution is 2.20. The lowest BCUT2D eigenvalue weighted by Crippen LogP contribution is -2.36. The standard InChI is InChI=1S/C16H25BrN2/c1-2-16(14-7-6-8-15(17)13-14)18-9-12-19-10-4-3-5-11-19/h6-8,13,16,18H,2-5,9-12H2,1H3. The molecule has 19 heavy (non-hydrogen) atoms. The highest BCUT2D eigenvalue weighted by Gasteiger charge is 2.12. The average molecular weight is 325 g/mol. The molecule has 106 valence electrons. The second kappa shape index (κ2) is 8.03. The summed E-state index contributed by atoms with van der Waals surface area (Å²) in [6.07, 6.45) is 5.31. The third-order valence-electron chi connectivity index (χ3n) is 3.93. The summed E-state index contributed by atoms with van der Waals surface area (Å²) >= 11 is 3.55. The fourth-order valence-corrected chi connectivity index (χ4v) is 3.22. The maximum Gasteiger partial charge on any atom is 0.0318 e. The first-order valence-electron chi connectivity index (χ1n) is 7.51. The van der Waals surface area contributed by atoms with Gasteiger partial charge in [-0.15, -0.1) is 0 Å². The molecule has 0 amide bonds. The van der Waals surface area contributed by atoms with Gasteiger partial charge < -0.3 is 10.2 Å². The van der Waals surface area contributed by atoms with E-state index >= 15 is 0 Å². The molecule has 1 heterocycles. The van der Waals surface area contributed by atoms with Crippen molar-refractivity contribution in [2.75, 3.05) is 26.2 Å². The lowest BCUT2D eigenvalue weighted by molar-refractivity contribution is 0.226. The number of benzene rings is 1. The van der Waals surface area contributed by atoms with Gasteiger partial charge >= 0.3 is 0 Å². The van der Waals surface area contributed by atoms with Crippen LogP contribution in [0.4, 0.5) is 0 Å². The van der Waals surface area contributed by atoms with Crippen LogP contribution in [0.1, 0.15) is 44.2 Å². The van der Waals surface area contributed by atoms with Crippen molar-refractivity contribution in [3.8, 4) is 0 Å². The van der Waals surface area contributed by atoms with Gasteiger partial charge in [0.05, 0.1) is 0 Å². The Balaban J connectivity index is 1.79. The van der Waals surface area contributed by atoms with E-state index in [9.17, 15) is 0 Å². The first-order valence-corrected chi connectivity index (χ1v) is 8.30. The van der Waals surface area contributed by atoms with Gasteiger partial charge in [-0.2, -0.15) is 0 Å². The summed E-state index contributed by atoms with van der Waals surface area (Å²) in [6.45, 7) is 7.10. The van der Waals surface area contributed by atoms with Crippen molar-refractivity contribution in [1.29, 1.82) is 0 Å². The number of nitrogens with zero attached hydrogens (tertiary/aromatic N) is 1. The summed E-state index contributed by atoms with van der Waals surface area (Å²) in [5, 5.41) is 3.70. The van der Waals surface area contributed by atoms with Gasteiger partial charge in [0.25, 0.3) is 0 Å². The zero-order valence-corrected chi connectivity index (χ0v) is 13.5. The van der Waals surface area contributed by atoms with Crippen LogP contribution in [-0.4, -0.2) is 31.1 Å². The van der Waals surface area contributed by atoms with Crippen molar-refractivity contribution in [2.45, 2.75) is 38.6 Å². The minimum absolute atomic E-state index is 0.474. The molecule has 1 N–H and O–H groups in total. The maximum atomic E-state index is 3.70. The highest BCUT2D eigenvalue weighted by atomic mass is 79.9. The van der Waals surface area contributed by atoms with Gasteiger partial charge in [-0.05, 0) is 50.0 Å². The number of hydrogen-bond donors (Lipinski definition) is 1. The molecule has 1 aromatic rings. The molecule has 0 radical (unpaired) electrons. The van der Waals surface area contributed by atoms with E-state index in [2.05, 4.69) is 57.3 Å². The predicted molar refractivity (Wildman–Crippen MR) is 85.5 cm³/mol. The Morgan fingerprint density at radius 1 is 1.26 bits per heavy atom. The molecule has 2 rings (SSSR count). The van der Waals surface area contributed by atoms with Crippen LogP contribution in [-0.2, 0) is 0 Å². The van der Waals surface area contributed by atoms with Crippen molar-refractivity contribution in [3.63, 3.8) is 0 Å². The molecule has 1 saturated heterocycles. The van der Waals surface area contributed by atoms with Gasteiger partial charge in [0.15, 0.2) is 0 Å². The Hall–Kier alpha value is -0.380. The zero-order valence-electron chi connectivity index (χ0n) is 11.9. The van der Waals surface area contributed by atoms with E-state index in [-0.39, 0.29) is 0 Å². The normalized spacial score (nSPS) is 18.4. The number of hydrogen-bond acceptors (Lipinski definition) is 2. The van der Waals surface area contributed by atoms with Crippen LogP contribution in [0.5, 0.6) is 0 Å². The van der Waals surface area contributed by atoms with Crippen LogP contribution in [0.3, 0.4) is 0 Å². The fourth-order valence-electron chi connectivity index (χ4n) is 2.80. The van der Waals surface area contributed by atoms with Gasteiger partial charge in [-0.3, -0.25) is 0 Å². The molecular formula is C16H25BrN2. The largest absolute Gasteiger partial charge is 0.309 e.